The number of ether oxygens (including phenoxy) is 2. The zero-order chi connectivity index (χ0) is 39.7. The average molecular weight is 733 g/mol. The minimum Gasteiger partial charge on any atom is -0.542 e. The van der Waals surface area contributed by atoms with Crippen LogP contribution < -0.4 is 15.1 Å². The Balaban J connectivity index is 0. The van der Waals surface area contributed by atoms with Gasteiger partial charge in [-0.1, -0.05) is 61.5 Å². The Morgan fingerprint density at radius 2 is 1.47 bits per heavy atom. The summed E-state index contributed by atoms with van der Waals surface area (Å²) in [7, 11) is -2.13. The van der Waals surface area contributed by atoms with E-state index in [0.717, 1.165) is 12.8 Å². The van der Waals surface area contributed by atoms with Gasteiger partial charge in [-0.05, 0) is 85.2 Å². The summed E-state index contributed by atoms with van der Waals surface area (Å²) in [6, 6.07) is 6.19. The lowest BCUT2D eigenvalue weighted by atomic mass is 9.76. The number of carbonyl (C=O) groups excluding carboxylic acids is 7. The molecule has 13 heteroatoms. The smallest absolute Gasteiger partial charge is 0.373 e. The number of nitrogens with one attached hydrogen (secondary N) is 2. The van der Waals surface area contributed by atoms with E-state index in [9.17, 15) is 14.4 Å². The van der Waals surface area contributed by atoms with Crippen LogP contribution in [0.15, 0.2) is 18.2 Å². The minimum absolute atomic E-state index is 0.0153. The lowest BCUT2D eigenvalue weighted by molar-refractivity contribution is -0.193. The predicted molar refractivity (Wildman–Crippen MR) is 196 cm³/mol. The summed E-state index contributed by atoms with van der Waals surface area (Å²) in [6.07, 6.45) is 3.37. The number of Topliss-reactive ketones (excluding diaryl/α,β-unsaturated/α-hetero) is 1. The molecule has 51 heavy (non-hydrogen) atoms. The summed E-state index contributed by atoms with van der Waals surface area (Å²) in [5.74, 6) is 5.48. The number of hydrogen-bond acceptors (Lipinski definition) is 10. The zero-order valence-corrected chi connectivity index (χ0v) is 33.5. The van der Waals surface area contributed by atoms with Crippen LogP contribution in [0.3, 0.4) is 0 Å². The molecular formula is C38H60N2O10Si. The first-order valence-corrected chi connectivity index (χ1v) is 20.2. The highest BCUT2D eigenvalue weighted by Gasteiger charge is 2.39. The molecule has 0 aliphatic heterocycles. The van der Waals surface area contributed by atoms with E-state index in [1.807, 2.05) is 13.0 Å². The number of hydrogen-bond donors (Lipinski definition) is 2. The first-order valence-electron chi connectivity index (χ1n) is 17.3. The molecular weight excluding hydrogens is 673 g/mol. The first-order chi connectivity index (χ1) is 23.7. The Labute approximate surface area is 305 Å². The highest BCUT2D eigenvalue weighted by atomic mass is 28.4. The molecule has 0 aliphatic carbocycles. The van der Waals surface area contributed by atoms with Crippen LogP contribution >= 0.6 is 0 Å². The van der Waals surface area contributed by atoms with Gasteiger partial charge in [0.15, 0.2) is 0 Å². The fourth-order valence-corrected chi connectivity index (χ4v) is 5.22. The van der Waals surface area contributed by atoms with Gasteiger partial charge >= 0.3 is 12.3 Å². The van der Waals surface area contributed by atoms with Crippen LogP contribution in [-0.4, -0.2) is 71.2 Å². The van der Waals surface area contributed by atoms with Crippen molar-refractivity contribution in [2.45, 2.75) is 113 Å². The maximum Gasteiger partial charge on any atom is 0.373 e. The summed E-state index contributed by atoms with van der Waals surface area (Å²) in [4.78, 5) is 69.0. The number of benzene rings is 1. The molecule has 0 fully saturated rings. The maximum atomic E-state index is 13.0. The van der Waals surface area contributed by atoms with Gasteiger partial charge in [-0.3, -0.25) is 14.4 Å². The van der Waals surface area contributed by atoms with Crippen LogP contribution in [0.5, 0.6) is 5.75 Å². The molecule has 12 nitrogen and oxygen atoms in total. The molecule has 1 unspecified atom stereocenters. The van der Waals surface area contributed by atoms with Crippen molar-refractivity contribution >= 4 is 43.9 Å². The molecule has 0 saturated carbocycles. The van der Waals surface area contributed by atoms with Crippen LogP contribution in [0.4, 0.5) is 5.69 Å². The number of carbonyl (C=O) groups is 3. The Morgan fingerprint density at radius 3 is 2.02 bits per heavy atom. The Hall–Kier alpha value is -3.91. The van der Waals surface area contributed by atoms with Crippen molar-refractivity contribution in [1.29, 1.82) is 0 Å². The van der Waals surface area contributed by atoms with Gasteiger partial charge in [-0.15, -0.1) is 0 Å². The second-order valence-corrected chi connectivity index (χ2v) is 19.5. The molecule has 2 N–H and O–H groups in total. The van der Waals surface area contributed by atoms with E-state index >= 15 is 0 Å². The molecule has 0 bridgehead atoms. The number of amides is 2. The van der Waals surface area contributed by atoms with Crippen molar-refractivity contribution in [2.75, 3.05) is 38.3 Å². The number of rotatable bonds is 18. The van der Waals surface area contributed by atoms with E-state index in [-0.39, 0.29) is 53.9 Å². The monoisotopic (exact) mass is 732 g/mol. The SMILES string of the molecule is CCOCCNC(=O)C#CC(=O)CCCOCCC(=O)Nc1cc(C[C@H](C)CC(C)C(C)(C)C)ccc1O[Si](C)(C)C(C)(C)C.O=C=O.O=C=O. The molecule has 1 rings (SSSR count). The number of anilines is 1. The van der Waals surface area contributed by atoms with E-state index in [2.05, 4.69) is 103 Å². The topological polar surface area (TPSA) is 171 Å². The van der Waals surface area contributed by atoms with Crippen molar-refractivity contribution in [3.05, 3.63) is 23.8 Å². The van der Waals surface area contributed by atoms with Crippen molar-refractivity contribution in [3.63, 3.8) is 0 Å². The van der Waals surface area contributed by atoms with Gasteiger partial charge < -0.3 is 24.5 Å². The molecule has 0 saturated heterocycles. The Morgan fingerprint density at radius 1 is 0.863 bits per heavy atom. The molecule has 1 aromatic rings. The lowest BCUT2D eigenvalue weighted by Gasteiger charge is -2.37. The second-order valence-electron chi connectivity index (χ2n) is 14.8. The van der Waals surface area contributed by atoms with Gasteiger partial charge in [0.25, 0.3) is 14.2 Å². The van der Waals surface area contributed by atoms with Gasteiger partial charge in [0, 0.05) is 32.1 Å². The normalized spacial score (nSPS) is 12.1. The van der Waals surface area contributed by atoms with Crippen LogP contribution in [0.25, 0.3) is 0 Å². The molecule has 0 aliphatic rings. The van der Waals surface area contributed by atoms with Gasteiger partial charge in [0.2, 0.25) is 11.7 Å². The quantitative estimate of drug-likeness (QED) is 0.0789. The molecule has 0 spiro atoms. The van der Waals surface area contributed by atoms with Crippen LogP contribution in [-0.2, 0) is 49.5 Å². The third-order valence-electron chi connectivity index (χ3n) is 8.53. The van der Waals surface area contributed by atoms with Gasteiger partial charge in [0.1, 0.15) is 5.75 Å². The molecule has 0 heterocycles. The highest BCUT2D eigenvalue weighted by Crippen LogP contribution is 2.40. The third kappa shape index (κ3) is 24.0. The fraction of sp³-hybridized carbons (Fsp3) is 0.658. The average Bonchev–Trinajstić information content (AvgIpc) is 3.01. The molecule has 286 valence electrons. The second kappa shape index (κ2) is 25.9. The summed E-state index contributed by atoms with van der Waals surface area (Å²) in [6.45, 7) is 26.2. The predicted octanol–water partition coefficient (Wildman–Crippen LogP) is 6.01. The zero-order valence-electron chi connectivity index (χ0n) is 32.5. The first kappa shape index (κ1) is 49.2. The van der Waals surface area contributed by atoms with E-state index in [4.69, 9.17) is 33.1 Å². The molecule has 0 aromatic heterocycles. The van der Waals surface area contributed by atoms with Crippen LogP contribution in [0.1, 0.15) is 93.6 Å². The molecule has 1 aromatic carbocycles. The molecule has 2 amide bonds. The van der Waals surface area contributed by atoms with Gasteiger partial charge in [0.05, 0.1) is 25.3 Å². The Bertz CT molecular complexity index is 1330. The van der Waals surface area contributed by atoms with Crippen molar-refractivity contribution in [3.8, 4) is 17.6 Å². The fourth-order valence-electron chi connectivity index (χ4n) is 4.19. The highest BCUT2D eigenvalue weighted by molar-refractivity contribution is 6.74. The van der Waals surface area contributed by atoms with E-state index in [1.54, 1.807) is 0 Å². The Kier molecular flexibility index (Phi) is 25.0. The summed E-state index contributed by atoms with van der Waals surface area (Å²) in [5.41, 5.74) is 2.14. The van der Waals surface area contributed by atoms with E-state index < -0.39 is 14.2 Å². The van der Waals surface area contributed by atoms with Crippen molar-refractivity contribution in [1.82, 2.24) is 5.32 Å². The minimum atomic E-state index is -2.13. The third-order valence-corrected chi connectivity index (χ3v) is 12.9. The van der Waals surface area contributed by atoms with Crippen molar-refractivity contribution in [2.24, 2.45) is 17.3 Å². The van der Waals surface area contributed by atoms with E-state index in [0.29, 0.717) is 56.1 Å². The number of ketones is 1. The summed E-state index contributed by atoms with van der Waals surface area (Å²) >= 11 is 0. The lowest BCUT2D eigenvalue weighted by Crippen LogP contribution is -2.44. The van der Waals surface area contributed by atoms with Gasteiger partial charge in [-0.2, -0.15) is 19.2 Å². The maximum absolute atomic E-state index is 13.0. The largest absolute Gasteiger partial charge is 0.542 e. The van der Waals surface area contributed by atoms with Gasteiger partial charge in [-0.25, -0.2) is 0 Å². The molecule has 2 atom stereocenters. The van der Waals surface area contributed by atoms with Crippen molar-refractivity contribution < 1.29 is 47.5 Å². The van der Waals surface area contributed by atoms with E-state index in [1.165, 1.54) is 5.56 Å². The standard InChI is InChI=1S/C36H60N2O6Si.2CO2/c1-12-42-23-20-37-33(40)18-16-30(39)14-13-21-43-22-19-34(41)38-31-26-29(25-27(2)24-28(3)35(4,5)6)15-17-32(31)44-45(10,11)36(7,8)9;2*2-1-3/h15,17,26-28H,12-14,19-25H2,1-11H3,(H,37,40)(H,38,41);;/t27-,28?;;/m1../s1. The van der Waals surface area contributed by atoms with Crippen LogP contribution in [0, 0.1) is 29.1 Å². The van der Waals surface area contributed by atoms with Crippen LogP contribution in [0.2, 0.25) is 18.1 Å². The summed E-state index contributed by atoms with van der Waals surface area (Å²) in [5, 5.41) is 5.67. The summed E-state index contributed by atoms with van der Waals surface area (Å²) < 4.78 is 17.4. The molecule has 0 radical (unpaired) electrons.